The molecule has 0 aromatic heterocycles. The van der Waals surface area contributed by atoms with Crippen LogP contribution in [0.5, 0.6) is 0 Å². The molecule has 0 aromatic carbocycles. The number of nitrogens with zero attached hydrogens (tertiary/aromatic N) is 1. The molecule has 1 saturated heterocycles. The smallest absolute Gasteiger partial charge is 0.326 e. The molecule has 3 amide bonds. The van der Waals surface area contributed by atoms with Crippen LogP contribution in [0.1, 0.15) is 52.4 Å². The number of aliphatic carboxylic acids is 1. The summed E-state index contributed by atoms with van der Waals surface area (Å²) >= 11 is 0. The normalized spacial score (nSPS) is 19.9. The van der Waals surface area contributed by atoms with Gasteiger partial charge in [-0.05, 0) is 38.1 Å². The van der Waals surface area contributed by atoms with E-state index < -0.39 is 48.6 Å². The van der Waals surface area contributed by atoms with E-state index in [1.54, 1.807) is 13.8 Å². The summed E-state index contributed by atoms with van der Waals surface area (Å²) < 4.78 is 0. The second-order valence-corrected chi connectivity index (χ2v) is 8.03. The van der Waals surface area contributed by atoms with Crippen molar-refractivity contribution in [3.8, 4) is 0 Å². The van der Waals surface area contributed by atoms with E-state index in [4.69, 9.17) is 11.5 Å². The van der Waals surface area contributed by atoms with E-state index in [2.05, 4.69) is 10.6 Å². The van der Waals surface area contributed by atoms with Gasteiger partial charge in [-0.15, -0.1) is 0 Å². The quantitative estimate of drug-likeness (QED) is 0.186. The number of carbonyl (C=O) groups is 4. The Balaban J connectivity index is 2.76. The van der Waals surface area contributed by atoms with Crippen molar-refractivity contribution in [2.45, 2.75) is 76.5 Å². The summed E-state index contributed by atoms with van der Waals surface area (Å²) in [4.78, 5) is 50.7. The summed E-state index contributed by atoms with van der Waals surface area (Å²) in [5, 5.41) is 23.7. The average molecular weight is 444 g/mol. The van der Waals surface area contributed by atoms with Crippen molar-refractivity contribution >= 4 is 23.7 Å². The fourth-order valence-corrected chi connectivity index (χ4v) is 3.55. The molecule has 5 atom stereocenters. The molecule has 1 heterocycles. The van der Waals surface area contributed by atoms with Crippen LogP contribution < -0.4 is 22.1 Å². The molecule has 0 bridgehead atoms. The van der Waals surface area contributed by atoms with Crippen LogP contribution in [0.15, 0.2) is 0 Å². The van der Waals surface area contributed by atoms with Crippen molar-refractivity contribution in [1.29, 1.82) is 0 Å². The van der Waals surface area contributed by atoms with E-state index in [-0.39, 0.29) is 11.8 Å². The van der Waals surface area contributed by atoms with Gasteiger partial charge in [-0.3, -0.25) is 14.4 Å². The Bertz CT molecular complexity index is 631. The monoisotopic (exact) mass is 443 g/mol. The first kappa shape index (κ1) is 26.8. The Hall–Kier alpha value is -2.24. The largest absolute Gasteiger partial charge is 0.480 e. The van der Waals surface area contributed by atoms with Gasteiger partial charge in [0.05, 0.1) is 12.6 Å². The molecule has 8 N–H and O–H groups in total. The Morgan fingerprint density at radius 2 is 1.87 bits per heavy atom. The molecule has 0 saturated carbocycles. The maximum atomic E-state index is 12.8. The molecule has 31 heavy (non-hydrogen) atoms. The third-order valence-corrected chi connectivity index (χ3v) is 5.72. The summed E-state index contributed by atoms with van der Waals surface area (Å²) in [6, 6.07) is -3.99. The SMILES string of the molecule is CCC(C)C(NC(=O)C(CO)NC(=O)C1CCCN1C(=O)C(N)CCCCN)C(=O)O. The van der Waals surface area contributed by atoms with Crippen LogP contribution in [0.25, 0.3) is 0 Å². The lowest BCUT2D eigenvalue weighted by molar-refractivity contribution is -0.144. The molecule has 1 aliphatic rings. The zero-order valence-corrected chi connectivity index (χ0v) is 18.4. The zero-order chi connectivity index (χ0) is 23.6. The highest BCUT2D eigenvalue weighted by molar-refractivity contribution is 5.94. The number of nitrogens with two attached hydrogens (primary N) is 2. The standard InChI is InChI=1S/C20H37N5O6/c1-3-12(2)16(20(30)31)24-17(27)14(11-26)23-18(28)15-8-6-10-25(15)19(29)13(22)7-4-5-9-21/h12-16,26H,3-11,21-22H2,1-2H3,(H,23,28)(H,24,27)(H,30,31). The molecule has 0 aliphatic carbocycles. The number of nitrogens with one attached hydrogen (secondary N) is 2. The minimum atomic E-state index is -1.32. The predicted octanol–water partition coefficient (Wildman–Crippen LogP) is -1.47. The van der Waals surface area contributed by atoms with Crippen LogP contribution in [0.4, 0.5) is 0 Å². The third-order valence-electron chi connectivity index (χ3n) is 5.72. The summed E-state index contributed by atoms with van der Waals surface area (Å²) in [5.74, 6) is -3.23. The number of aliphatic hydroxyl groups is 1. The van der Waals surface area contributed by atoms with Crippen LogP contribution in [0, 0.1) is 5.92 Å². The average Bonchev–Trinajstić information content (AvgIpc) is 3.24. The maximum absolute atomic E-state index is 12.8. The van der Waals surface area contributed by atoms with E-state index in [1.165, 1.54) is 4.90 Å². The molecule has 1 fully saturated rings. The highest BCUT2D eigenvalue weighted by Crippen LogP contribution is 2.19. The summed E-state index contributed by atoms with van der Waals surface area (Å²) in [6.45, 7) is 3.67. The van der Waals surface area contributed by atoms with E-state index in [1.807, 2.05) is 0 Å². The number of hydrogen-bond acceptors (Lipinski definition) is 7. The maximum Gasteiger partial charge on any atom is 0.326 e. The molecule has 1 rings (SSSR count). The zero-order valence-electron chi connectivity index (χ0n) is 18.4. The number of aliphatic hydroxyl groups excluding tert-OH is 1. The van der Waals surface area contributed by atoms with E-state index in [0.717, 1.165) is 6.42 Å². The molecule has 0 spiro atoms. The van der Waals surface area contributed by atoms with Gasteiger partial charge in [-0.1, -0.05) is 26.7 Å². The van der Waals surface area contributed by atoms with E-state index in [9.17, 15) is 29.4 Å². The van der Waals surface area contributed by atoms with Crippen LogP contribution in [-0.4, -0.2) is 82.7 Å². The van der Waals surface area contributed by atoms with Crippen molar-refractivity contribution in [3.05, 3.63) is 0 Å². The minimum absolute atomic E-state index is 0.331. The molecule has 178 valence electrons. The Labute approximate surface area is 182 Å². The van der Waals surface area contributed by atoms with Crippen LogP contribution in [0.3, 0.4) is 0 Å². The van der Waals surface area contributed by atoms with Gasteiger partial charge in [0.15, 0.2) is 0 Å². The van der Waals surface area contributed by atoms with Crippen molar-refractivity contribution in [2.75, 3.05) is 19.7 Å². The lowest BCUT2D eigenvalue weighted by Crippen LogP contribution is -2.58. The molecule has 11 nitrogen and oxygen atoms in total. The highest BCUT2D eigenvalue weighted by Gasteiger charge is 2.38. The first-order chi connectivity index (χ1) is 14.7. The molecule has 11 heteroatoms. The Morgan fingerprint density at radius 3 is 2.42 bits per heavy atom. The third kappa shape index (κ3) is 7.75. The lowest BCUT2D eigenvalue weighted by Gasteiger charge is -2.28. The van der Waals surface area contributed by atoms with Gasteiger partial charge in [0.1, 0.15) is 18.1 Å². The molecule has 0 aromatic rings. The highest BCUT2D eigenvalue weighted by atomic mass is 16.4. The number of rotatable bonds is 13. The number of amides is 3. The summed E-state index contributed by atoms with van der Waals surface area (Å²) in [5.41, 5.74) is 11.4. The summed E-state index contributed by atoms with van der Waals surface area (Å²) in [7, 11) is 0. The number of carboxylic acid groups (broad SMARTS) is 1. The van der Waals surface area contributed by atoms with Crippen molar-refractivity contribution in [1.82, 2.24) is 15.5 Å². The van der Waals surface area contributed by atoms with Gasteiger partial charge in [0.25, 0.3) is 0 Å². The predicted molar refractivity (Wildman–Crippen MR) is 114 cm³/mol. The number of likely N-dealkylation sites (tertiary alicyclic amines) is 1. The van der Waals surface area contributed by atoms with Gasteiger partial charge in [-0.2, -0.15) is 0 Å². The van der Waals surface area contributed by atoms with Crippen molar-refractivity contribution in [2.24, 2.45) is 17.4 Å². The molecular weight excluding hydrogens is 406 g/mol. The molecule has 1 aliphatic heterocycles. The number of unbranched alkanes of at least 4 members (excludes halogenated alkanes) is 1. The lowest BCUT2D eigenvalue weighted by atomic mass is 9.99. The van der Waals surface area contributed by atoms with Gasteiger partial charge in [-0.25, -0.2) is 4.79 Å². The second kappa shape index (κ2) is 13.2. The van der Waals surface area contributed by atoms with Gasteiger partial charge in [0.2, 0.25) is 17.7 Å². The van der Waals surface area contributed by atoms with E-state index >= 15 is 0 Å². The Kier molecular flexibility index (Phi) is 11.4. The minimum Gasteiger partial charge on any atom is -0.480 e. The van der Waals surface area contributed by atoms with Gasteiger partial charge < -0.3 is 37.2 Å². The number of carboxylic acids is 1. The van der Waals surface area contributed by atoms with Crippen LogP contribution in [-0.2, 0) is 19.2 Å². The molecule has 0 radical (unpaired) electrons. The fraction of sp³-hybridized carbons (Fsp3) is 0.800. The van der Waals surface area contributed by atoms with Gasteiger partial charge >= 0.3 is 5.97 Å². The number of hydrogen-bond donors (Lipinski definition) is 6. The second-order valence-electron chi connectivity index (χ2n) is 8.03. The number of carbonyl (C=O) groups excluding carboxylic acids is 3. The van der Waals surface area contributed by atoms with Gasteiger partial charge in [0, 0.05) is 6.54 Å². The first-order valence-electron chi connectivity index (χ1n) is 10.9. The first-order valence-corrected chi connectivity index (χ1v) is 10.9. The Morgan fingerprint density at radius 1 is 1.19 bits per heavy atom. The van der Waals surface area contributed by atoms with Crippen molar-refractivity contribution in [3.63, 3.8) is 0 Å². The fourth-order valence-electron chi connectivity index (χ4n) is 3.55. The molecular formula is C20H37N5O6. The van der Waals surface area contributed by atoms with Crippen LogP contribution in [0.2, 0.25) is 0 Å². The van der Waals surface area contributed by atoms with Crippen LogP contribution >= 0.6 is 0 Å². The van der Waals surface area contributed by atoms with Crippen molar-refractivity contribution < 1.29 is 29.4 Å². The topological polar surface area (TPSA) is 188 Å². The molecule has 5 unspecified atom stereocenters. The summed E-state index contributed by atoms with van der Waals surface area (Å²) in [6.07, 6.45) is 3.49. The van der Waals surface area contributed by atoms with E-state index in [0.29, 0.717) is 45.2 Å².